The number of likely N-dealkylation sites (tertiary alicyclic amines) is 2. The SMILES string of the molecule is CC(=O)N1CCC(c2nc(-c3cncc(C(O)(c4ccc(C5(C(F)(F)F)CC5)cc4)C4(C)CN(C(=O)OC(C)(C)C)C4)c3)no2)CC1. The summed E-state index contributed by atoms with van der Waals surface area (Å²) in [4.78, 5) is 36.9. The van der Waals surface area contributed by atoms with Crippen molar-refractivity contribution in [1.82, 2.24) is 24.9 Å². The molecule has 2 amide bonds. The molecular formula is C34H40F3N5O5. The van der Waals surface area contributed by atoms with Crippen LogP contribution < -0.4 is 0 Å². The van der Waals surface area contributed by atoms with E-state index in [4.69, 9.17) is 9.26 Å². The quantitative estimate of drug-likeness (QED) is 0.346. The van der Waals surface area contributed by atoms with Crippen LogP contribution in [0.1, 0.15) is 88.8 Å². The van der Waals surface area contributed by atoms with Gasteiger partial charge in [-0.05, 0) is 63.6 Å². The summed E-state index contributed by atoms with van der Waals surface area (Å²) >= 11 is 0. The number of halogens is 3. The third-order valence-electron chi connectivity index (χ3n) is 9.90. The largest absolute Gasteiger partial charge is 0.444 e. The molecule has 1 N–H and O–H groups in total. The molecule has 0 bridgehead atoms. The van der Waals surface area contributed by atoms with Crippen LogP contribution in [0.3, 0.4) is 0 Å². The number of benzene rings is 1. The van der Waals surface area contributed by atoms with Crippen LogP contribution in [0.2, 0.25) is 0 Å². The number of alkyl halides is 3. The molecule has 6 rings (SSSR count). The summed E-state index contributed by atoms with van der Waals surface area (Å²) in [6, 6.07) is 7.65. The number of nitrogens with zero attached hydrogens (tertiary/aromatic N) is 5. The lowest BCUT2D eigenvalue weighted by Gasteiger charge is -2.56. The van der Waals surface area contributed by atoms with Gasteiger partial charge in [0.2, 0.25) is 17.6 Å². The average Bonchev–Trinajstić information content (AvgIpc) is 3.69. The van der Waals surface area contributed by atoms with Crippen molar-refractivity contribution in [2.24, 2.45) is 5.41 Å². The van der Waals surface area contributed by atoms with Gasteiger partial charge in [-0.15, -0.1) is 0 Å². The molecule has 3 aromatic rings. The average molecular weight is 656 g/mol. The number of hydrogen-bond acceptors (Lipinski definition) is 8. The number of ether oxygens (including phenoxy) is 1. The minimum Gasteiger partial charge on any atom is -0.444 e. The number of aromatic nitrogens is 3. The fraction of sp³-hybridized carbons (Fsp3) is 0.559. The number of carbonyl (C=O) groups is 2. The Morgan fingerprint density at radius 3 is 2.19 bits per heavy atom. The highest BCUT2D eigenvalue weighted by Gasteiger charge is 2.64. The van der Waals surface area contributed by atoms with Crippen LogP contribution >= 0.6 is 0 Å². The van der Waals surface area contributed by atoms with Gasteiger partial charge < -0.3 is 24.2 Å². The van der Waals surface area contributed by atoms with Gasteiger partial charge >= 0.3 is 12.3 Å². The van der Waals surface area contributed by atoms with Crippen molar-refractivity contribution in [2.75, 3.05) is 26.2 Å². The Labute approximate surface area is 271 Å². The van der Waals surface area contributed by atoms with Crippen LogP contribution in [0.25, 0.3) is 11.4 Å². The Morgan fingerprint density at radius 1 is 1.00 bits per heavy atom. The van der Waals surface area contributed by atoms with Crippen molar-refractivity contribution in [2.45, 2.75) is 89.0 Å². The van der Waals surface area contributed by atoms with E-state index < -0.39 is 34.3 Å². The third kappa shape index (κ3) is 5.87. The molecule has 2 aliphatic heterocycles. The first-order valence-electron chi connectivity index (χ1n) is 15.9. The smallest absolute Gasteiger partial charge is 0.410 e. The zero-order valence-corrected chi connectivity index (χ0v) is 27.2. The highest BCUT2D eigenvalue weighted by Crippen LogP contribution is 2.59. The lowest BCUT2D eigenvalue weighted by Crippen LogP contribution is -2.66. The van der Waals surface area contributed by atoms with Gasteiger partial charge in [0, 0.05) is 68.0 Å². The molecule has 3 aliphatic rings. The molecule has 1 atom stereocenters. The lowest BCUT2D eigenvalue weighted by molar-refractivity contribution is -0.160. The Bertz CT molecular complexity index is 1650. The van der Waals surface area contributed by atoms with Crippen molar-refractivity contribution >= 4 is 12.0 Å². The first-order valence-corrected chi connectivity index (χ1v) is 15.9. The van der Waals surface area contributed by atoms with Gasteiger partial charge in [0.15, 0.2) is 0 Å². The van der Waals surface area contributed by atoms with E-state index in [9.17, 15) is 27.9 Å². The Hall–Kier alpha value is -4.00. The zero-order chi connectivity index (χ0) is 34.0. The summed E-state index contributed by atoms with van der Waals surface area (Å²) in [5.74, 6) is 0.757. The molecular weight excluding hydrogens is 615 g/mol. The summed E-state index contributed by atoms with van der Waals surface area (Å²) in [7, 11) is 0. The number of aliphatic hydroxyl groups is 1. The van der Waals surface area contributed by atoms with E-state index >= 15 is 0 Å². The maximum absolute atomic E-state index is 13.9. The molecule has 3 fully saturated rings. The fourth-order valence-electron chi connectivity index (χ4n) is 6.96. The van der Waals surface area contributed by atoms with Crippen LogP contribution in [-0.2, 0) is 20.5 Å². The van der Waals surface area contributed by atoms with E-state index in [0.29, 0.717) is 48.5 Å². The predicted octanol–water partition coefficient (Wildman–Crippen LogP) is 5.94. The molecule has 1 aromatic carbocycles. The molecule has 252 valence electrons. The molecule has 1 saturated carbocycles. The van der Waals surface area contributed by atoms with Gasteiger partial charge in [0.1, 0.15) is 11.2 Å². The van der Waals surface area contributed by atoms with Gasteiger partial charge in [0.05, 0.1) is 5.41 Å². The molecule has 0 spiro atoms. The highest BCUT2D eigenvalue weighted by atomic mass is 19.4. The molecule has 10 nitrogen and oxygen atoms in total. The molecule has 4 heterocycles. The number of pyridine rings is 1. The predicted molar refractivity (Wildman–Crippen MR) is 164 cm³/mol. The van der Waals surface area contributed by atoms with Crippen molar-refractivity contribution in [3.8, 4) is 11.4 Å². The van der Waals surface area contributed by atoms with Crippen LogP contribution in [0, 0.1) is 5.41 Å². The van der Waals surface area contributed by atoms with E-state index in [-0.39, 0.29) is 49.1 Å². The number of carbonyl (C=O) groups excluding carboxylic acids is 2. The topological polar surface area (TPSA) is 122 Å². The molecule has 2 aromatic heterocycles. The monoisotopic (exact) mass is 655 g/mol. The Kier molecular flexibility index (Phi) is 7.92. The summed E-state index contributed by atoms with van der Waals surface area (Å²) in [6.07, 6.45) is -0.395. The van der Waals surface area contributed by atoms with Gasteiger partial charge in [-0.2, -0.15) is 18.2 Å². The standard InChI is InChI=1S/C34H40F3N5O5/c1-21(43)41-14-10-22(11-15-41)28-39-27(40-47-28)23-16-26(18-38-17-23)33(45,31(5)19-42(20-31)29(44)46-30(2,3)4)25-8-6-24(7-9-25)32(12-13-32)34(35,36)37/h6-9,16-18,22,45H,10-15,19-20H2,1-5H3. The molecule has 1 unspecified atom stereocenters. The summed E-state index contributed by atoms with van der Waals surface area (Å²) in [5.41, 5.74) is -3.92. The lowest BCUT2D eigenvalue weighted by atomic mass is 9.62. The maximum Gasteiger partial charge on any atom is 0.410 e. The molecule has 47 heavy (non-hydrogen) atoms. The fourth-order valence-corrected chi connectivity index (χ4v) is 6.96. The van der Waals surface area contributed by atoms with Crippen molar-refractivity contribution in [3.63, 3.8) is 0 Å². The van der Waals surface area contributed by atoms with Crippen molar-refractivity contribution in [1.29, 1.82) is 0 Å². The van der Waals surface area contributed by atoms with E-state index in [1.165, 1.54) is 35.4 Å². The summed E-state index contributed by atoms with van der Waals surface area (Å²) in [5, 5.41) is 16.9. The highest BCUT2D eigenvalue weighted by molar-refractivity contribution is 5.73. The van der Waals surface area contributed by atoms with Crippen LogP contribution in [0.4, 0.5) is 18.0 Å². The van der Waals surface area contributed by atoms with E-state index in [1.807, 2.05) is 6.92 Å². The Morgan fingerprint density at radius 2 is 1.64 bits per heavy atom. The number of piperidine rings is 1. The summed E-state index contributed by atoms with van der Waals surface area (Å²) in [6.45, 7) is 10.1. The normalized spacial score (nSPS) is 20.7. The van der Waals surface area contributed by atoms with E-state index in [2.05, 4.69) is 15.1 Å². The van der Waals surface area contributed by atoms with Crippen LogP contribution in [0.5, 0.6) is 0 Å². The first-order chi connectivity index (χ1) is 22.0. The maximum atomic E-state index is 13.9. The number of rotatable bonds is 6. The minimum atomic E-state index is -4.37. The number of amides is 2. The molecule has 2 saturated heterocycles. The van der Waals surface area contributed by atoms with Crippen LogP contribution in [-0.4, -0.2) is 80.0 Å². The number of hydrogen-bond donors (Lipinski definition) is 1. The molecule has 0 radical (unpaired) electrons. The van der Waals surface area contributed by atoms with Crippen LogP contribution in [0.15, 0.2) is 47.2 Å². The second-order valence-corrected chi connectivity index (χ2v) is 14.5. The molecule has 13 heteroatoms. The zero-order valence-electron chi connectivity index (χ0n) is 27.2. The second kappa shape index (κ2) is 11.3. The molecule has 1 aliphatic carbocycles. The Balaban J connectivity index is 1.32. The third-order valence-corrected chi connectivity index (χ3v) is 9.90. The van der Waals surface area contributed by atoms with Crippen molar-refractivity contribution in [3.05, 3.63) is 65.3 Å². The summed E-state index contributed by atoms with van der Waals surface area (Å²) < 4.78 is 52.9. The second-order valence-electron chi connectivity index (χ2n) is 14.5. The van der Waals surface area contributed by atoms with Gasteiger partial charge in [-0.25, -0.2) is 4.79 Å². The van der Waals surface area contributed by atoms with Gasteiger partial charge in [0.25, 0.3) is 0 Å². The van der Waals surface area contributed by atoms with E-state index in [1.54, 1.807) is 44.9 Å². The van der Waals surface area contributed by atoms with Gasteiger partial charge in [-0.3, -0.25) is 9.78 Å². The minimum absolute atomic E-state index is 0.00220. The van der Waals surface area contributed by atoms with Crippen molar-refractivity contribution < 1.29 is 37.1 Å². The van der Waals surface area contributed by atoms with E-state index in [0.717, 1.165) is 0 Å². The first kappa shape index (κ1) is 32.9. The van der Waals surface area contributed by atoms with Gasteiger partial charge in [-0.1, -0.05) is 36.3 Å².